The molecule has 3 rings (SSSR count). The van der Waals surface area contributed by atoms with Crippen molar-refractivity contribution in [1.82, 2.24) is 4.90 Å². The van der Waals surface area contributed by atoms with Crippen molar-refractivity contribution in [2.45, 2.75) is 19.9 Å². The summed E-state index contributed by atoms with van der Waals surface area (Å²) in [5, 5.41) is 8.88. The molecule has 1 aliphatic heterocycles. The van der Waals surface area contributed by atoms with E-state index in [0.717, 1.165) is 16.7 Å². The van der Waals surface area contributed by atoms with E-state index in [2.05, 4.69) is 6.07 Å². The van der Waals surface area contributed by atoms with E-state index in [1.54, 1.807) is 6.07 Å². The molecule has 2 aromatic carbocycles. The normalized spacial score (nSPS) is 15.0. The Balaban J connectivity index is 2.10. The zero-order valence-corrected chi connectivity index (χ0v) is 16.7. The highest BCUT2D eigenvalue weighted by molar-refractivity contribution is 6.34. The Hall–Kier alpha value is -2.62. The third kappa shape index (κ3) is 3.44. The van der Waals surface area contributed by atoms with Gasteiger partial charge in [-0.1, -0.05) is 23.7 Å². The maximum atomic E-state index is 15.3. The van der Waals surface area contributed by atoms with Crippen molar-refractivity contribution in [2.24, 2.45) is 11.7 Å². The minimum absolute atomic E-state index is 0.00399. The molecule has 0 spiro atoms. The molecule has 1 unspecified atom stereocenters. The van der Waals surface area contributed by atoms with Gasteiger partial charge in [0, 0.05) is 24.7 Å². The fourth-order valence-corrected chi connectivity index (χ4v) is 3.57. The minimum atomic E-state index is -0.805. The topological polar surface area (TPSA) is 79.3 Å². The van der Waals surface area contributed by atoms with Gasteiger partial charge in [-0.3, -0.25) is 4.79 Å². The number of ether oxygens (including phenoxy) is 1. The number of nitrogens with two attached hydrogens (primary N) is 1. The summed E-state index contributed by atoms with van der Waals surface area (Å²) in [6.07, 6.45) is 0. The van der Waals surface area contributed by atoms with Gasteiger partial charge in [-0.25, -0.2) is 4.39 Å². The van der Waals surface area contributed by atoms with Crippen LogP contribution < -0.4 is 10.5 Å². The Morgan fingerprint density at radius 1 is 1.39 bits per heavy atom. The van der Waals surface area contributed by atoms with Crippen LogP contribution in [0.4, 0.5) is 4.39 Å². The number of methoxy groups -OCH3 is 1. The number of halogens is 2. The fourth-order valence-electron chi connectivity index (χ4n) is 3.29. The minimum Gasteiger partial charge on any atom is -0.493 e. The Labute approximate surface area is 168 Å². The zero-order valence-electron chi connectivity index (χ0n) is 15.9. The van der Waals surface area contributed by atoms with Crippen LogP contribution >= 0.6 is 11.6 Å². The third-order valence-corrected chi connectivity index (χ3v) is 5.32. The van der Waals surface area contributed by atoms with Gasteiger partial charge in [0.2, 0.25) is 0 Å². The predicted octanol–water partition coefficient (Wildman–Crippen LogP) is 4.08. The molecule has 1 saturated heterocycles. The highest BCUT2D eigenvalue weighted by Gasteiger charge is 2.35. The number of nitriles is 1. The highest BCUT2D eigenvalue weighted by atomic mass is 35.5. The average Bonchev–Trinajstić information content (AvgIpc) is 2.60. The van der Waals surface area contributed by atoms with Crippen LogP contribution in [-0.2, 0) is 0 Å². The van der Waals surface area contributed by atoms with Crippen LogP contribution in [0.1, 0.15) is 34.5 Å². The van der Waals surface area contributed by atoms with Crippen LogP contribution in [0.5, 0.6) is 5.75 Å². The third-order valence-electron chi connectivity index (χ3n) is 5.02. The molecule has 0 radical (unpaired) electrons. The SMILES string of the molecule is COc1c(-c2cc(C(C)N)ccc2C)cc(Cl)c(C(=O)N2CC(C#N)C2)c1F. The maximum absolute atomic E-state index is 15.3. The molecule has 1 fully saturated rings. The molecule has 7 heteroatoms. The first kappa shape index (κ1) is 20.1. The Bertz CT molecular complexity index is 979. The Kier molecular flexibility index (Phi) is 5.59. The molecule has 28 heavy (non-hydrogen) atoms. The van der Waals surface area contributed by atoms with Gasteiger partial charge in [-0.05, 0) is 42.7 Å². The number of aryl methyl sites for hydroxylation is 1. The van der Waals surface area contributed by atoms with E-state index >= 15 is 4.39 Å². The summed E-state index contributed by atoms with van der Waals surface area (Å²) >= 11 is 6.33. The number of benzene rings is 2. The molecule has 1 heterocycles. The van der Waals surface area contributed by atoms with Crippen LogP contribution in [0, 0.1) is 30.0 Å². The second kappa shape index (κ2) is 7.78. The van der Waals surface area contributed by atoms with Gasteiger partial charge < -0.3 is 15.4 Å². The van der Waals surface area contributed by atoms with Crippen LogP contribution in [0.2, 0.25) is 5.02 Å². The number of amides is 1. The summed E-state index contributed by atoms with van der Waals surface area (Å²) in [5.41, 5.74) is 8.73. The van der Waals surface area contributed by atoms with Crippen molar-refractivity contribution in [2.75, 3.05) is 20.2 Å². The van der Waals surface area contributed by atoms with Crippen molar-refractivity contribution in [1.29, 1.82) is 5.26 Å². The van der Waals surface area contributed by atoms with Crippen LogP contribution in [0.25, 0.3) is 11.1 Å². The molecule has 0 aliphatic carbocycles. The molecule has 1 aliphatic rings. The number of rotatable bonds is 4. The number of carbonyl (C=O) groups excluding carboxylic acids is 1. The van der Waals surface area contributed by atoms with Crippen molar-refractivity contribution in [3.05, 3.63) is 51.8 Å². The van der Waals surface area contributed by atoms with E-state index in [0.29, 0.717) is 5.56 Å². The van der Waals surface area contributed by atoms with Crippen molar-refractivity contribution < 1.29 is 13.9 Å². The number of hydrogen-bond acceptors (Lipinski definition) is 4. The van der Waals surface area contributed by atoms with Gasteiger partial charge in [-0.2, -0.15) is 5.26 Å². The molecule has 146 valence electrons. The summed E-state index contributed by atoms with van der Waals surface area (Å²) < 4.78 is 20.6. The number of nitrogens with zero attached hydrogens (tertiary/aromatic N) is 2. The second-order valence-corrected chi connectivity index (χ2v) is 7.43. The Morgan fingerprint density at radius 3 is 2.64 bits per heavy atom. The lowest BCUT2D eigenvalue weighted by Gasteiger charge is -2.35. The first-order valence-corrected chi connectivity index (χ1v) is 9.27. The smallest absolute Gasteiger partial charge is 0.258 e. The van der Waals surface area contributed by atoms with Crippen LogP contribution in [-0.4, -0.2) is 31.0 Å². The van der Waals surface area contributed by atoms with E-state index in [4.69, 9.17) is 27.3 Å². The summed E-state index contributed by atoms with van der Waals surface area (Å²) in [4.78, 5) is 14.1. The monoisotopic (exact) mass is 401 g/mol. The Morgan fingerprint density at radius 2 is 2.07 bits per heavy atom. The molecule has 2 aromatic rings. The summed E-state index contributed by atoms with van der Waals surface area (Å²) in [6, 6.07) is 9.14. The van der Waals surface area contributed by atoms with Gasteiger partial charge in [-0.15, -0.1) is 0 Å². The standard InChI is InChI=1S/C21H21ClFN3O2/c1-11-4-5-14(12(2)25)6-15(11)16-7-17(22)18(19(23)20(16)28-3)21(27)26-9-13(8-24)10-26/h4-7,12-13H,9-10,25H2,1-3H3. The van der Waals surface area contributed by atoms with Crippen molar-refractivity contribution >= 4 is 17.5 Å². The maximum Gasteiger partial charge on any atom is 0.258 e. The quantitative estimate of drug-likeness (QED) is 0.837. The summed E-state index contributed by atoms with van der Waals surface area (Å²) in [6.45, 7) is 4.30. The first-order valence-electron chi connectivity index (χ1n) is 8.89. The van der Waals surface area contributed by atoms with Gasteiger partial charge in [0.25, 0.3) is 5.91 Å². The van der Waals surface area contributed by atoms with E-state index in [9.17, 15) is 4.79 Å². The van der Waals surface area contributed by atoms with E-state index in [1.807, 2.05) is 32.0 Å². The molecular formula is C21H21ClFN3O2. The summed E-state index contributed by atoms with van der Waals surface area (Å²) in [5.74, 6) is -1.62. The van der Waals surface area contributed by atoms with Gasteiger partial charge in [0.15, 0.2) is 11.6 Å². The fraction of sp³-hybridized carbons (Fsp3) is 0.333. The highest BCUT2D eigenvalue weighted by Crippen LogP contribution is 2.40. The second-order valence-electron chi connectivity index (χ2n) is 7.03. The molecule has 5 nitrogen and oxygen atoms in total. The molecule has 0 aromatic heterocycles. The molecule has 1 amide bonds. The number of carbonyl (C=O) groups is 1. The van der Waals surface area contributed by atoms with E-state index in [1.165, 1.54) is 12.0 Å². The largest absolute Gasteiger partial charge is 0.493 e. The van der Waals surface area contributed by atoms with Gasteiger partial charge in [0.1, 0.15) is 0 Å². The van der Waals surface area contributed by atoms with Crippen LogP contribution in [0.3, 0.4) is 0 Å². The van der Waals surface area contributed by atoms with Crippen LogP contribution in [0.15, 0.2) is 24.3 Å². The lowest BCUT2D eigenvalue weighted by molar-refractivity contribution is 0.0572. The molecular weight excluding hydrogens is 381 g/mol. The van der Waals surface area contributed by atoms with Crippen molar-refractivity contribution in [3.63, 3.8) is 0 Å². The molecule has 0 saturated carbocycles. The molecule has 2 N–H and O–H groups in total. The average molecular weight is 402 g/mol. The molecule has 0 bridgehead atoms. The van der Waals surface area contributed by atoms with E-state index < -0.39 is 11.7 Å². The number of hydrogen-bond donors (Lipinski definition) is 1. The number of likely N-dealkylation sites (tertiary alicyclic amines) is 1. The summed E-state index contributed by atoms with van der Waals surface area (Å²) in [7, 11) is 1.35. The lowest BCUT2D eigenvalue weighted by atomic mass is 9.93. The van der Waals surface area contributed by atoms with Gasteiger partial charge in [0.05, 0.1) is 29.7 Å². The molecule has 1 atom stereocenters. The lowest BCUT2D eigenvalue weighted by Crippen LogP contribution is -2.49. The zero-order chi connectivity index (χ0) is 20.6. The predicted molar refractivity (Wildman–Crippen MR) is 106 cm³/mol. The first-order chi connectivity index (χ1) is 13.3. The van der Waals surface area contributed by atoms with Crippen molar-refractivity contribution in [3.8, 4) is 22.9 Å². The van der Waals surface area contributed by atoms with E-state index in [-0.39, 0.29) is 41.4 Å². The van der Waals surface area contributed by atoms with Gasteiger partial charge >= 0.3 is 0 Å².